The summed E-state index contributed by atoms with van der Waals surface area (Å²) in [5.41, 5.74) is 0.787. The van der Waals surface area contributed by atoms with Crippen LogP contribution in [0, 0.1) is 10.8 Å². The fourth-order valence-corrected chi connectivity index (χ4v) is 7.04. The zero-order chi connectivity index (χ0) is 11.9. The molecule has 15 heavy (non-hydrogen) atoms. The summed E-state index contributed by atoms with van der Waals surface area (Å²) in [6.45, 7) is 7.17. The Morgan fingerprint density at radius 1 is 1.20 bits per heavy atom. The topological polar surface area (TPSA) is 9.23 Å². The molecule has 0 amide bonds. The maximum atomic E-state index is 5.73. The molecule has 0 aromatic carbocycles. The minimum absolute atomic E-state index is 0.378. The van der Waals surface area contributed by atoms with Crippen molar-refractivity contribution < 1.29 is 4.74 Å². The summed E-state index contributed by atoms with van der Waals surface area (Å²) in [5, 5.41) is 0. The number of hydrogen-bond acceptors (Lipinski definition) is 1. The number of halogens is 3. The van der Waals surface area contributed by atoms with Crippen molar-refractivity contribution in [1.29, 1.82) is 0 Å². The summed E-state index contributed by atoms with van der Waals surface area (Å²) >= 11 is 7.70. The van der Waals surface area contributed by atoms with E-state index in [1.807, 2.05) is 7.11 Å². The molecule has 1 aliphatic rings. The lowest BCUT2D eigenvalue weighted by Crippen LogP contribution is -2.55. The van der Waals surface area contributed by atoms with Gasteiger partial charge in [0.05, 0.1) is 6.10 Å². The van der Waals surface area contributed by atoms with Crippen LogP contribution in [-0.4, -0.2) is 25.5 Å². The lowest BCUT2D eigenvalue weighted by molar-refractivity contribution is 0.000591. The molecule has 0 N–H and O–H groups in total. The summed E-state index contributed by atoms with van der Waals surface area (Å²) in [4.78, 5) is 0. The molecule has 0 heterocycles. The molecule has 1 saturated carbocycles. The van der Waals surface area contributed by atoms with Crippen molar-refractivity contribution >= 4 is 67.8 Å². The van der Waals surface area contributed by atoms with Gasteiger partial charge in [-0.25, -0.2) is 0 Å². The summed E-state index contributed by atoms with van der Waals surface area (Å²) in [7, 11) is 1.86. The van der Waals surface area contributed by atoms with Crippen LogP contribution in [0.5, 0.6) is 0 Å². The molecule has 0 spiro atoms. The largest absolute Gasteiger partial charge is 0.379 e. The molecule has 0 bridgehead atoms. The lowest BCUT2D eigenvalue weighted by atomic mass is 9.64. The van der Waals surface area contributed by atoms with Crippen molar-refractivity contribution in [3.05, 3.63) is 0 Å². The monoisotopic (exact) mass is 548 g/mol. The van der Waals surface area contributed by atoms with Crippen LogP contribution in [0.1, 0.15) is 27.2 Å². The van der Waals surface area contributed by atoms with Crippen molar-refractivity contribution in [2.45, 2.75) is 41.1 Å². The molecular formula is C11H19I3O. The molecule has 1 rings (SSSR count). The minimum atomic E-state index is 0.378. The molecule has 4 unspecified atom stereocenters. The number of rotatable bonds is 2. The van der Waals surface area contributed by atoms with E-state index >= 15 is 0 Å². The Morgan fingerprint density at radius 2 is 1.73 bits per heavy atom. The lowest BCUT2D eigenvalue weighted by Gasteiger charge is -2.52. The molecular weight excluding hydrogens is 529 g/mol. The molecule has 1 aliphatic carbocycles. The third-order valence-electron chi connectivity index (χ3n) is 3.43. The van der Waals surface area contributed by atoms with Crippen LogP contribution in [0.4, 0.5) is 0 Å². The van der Waals surface area contributed by atoms with Gasteiger partial charge in [-0.1, -0.05) is 88.5 Å². The standard InChI is InChI=1S/C11H19I3O/c1-10(2)5-11(3,6-12)9(14)7(15-4)8(10)13/h7-9H,5-6H2,1-4H3. The first-order valence-electron chi connectivity index (χ1n) is 5.15. The van der Waals surface area contributed by atoms with Crippen molar-refractivity contribution in [3.8, 4) is 0 Å². The fraction of sp³-hybridized carbons (Fsp3) is 1.00. The Balaban J connectivity index is 3.00. The van der Waals surface area contributed by atoms with Gasteiger partial charge in [0.2, 0.25) is 0 Å². The van der Waals surface area contributed by atoms with Gasteiger partial charge < -0.3 is 4.74 Å². The highest BCUT2D eigenvalue weighted by Gasteiger charge is 2.52. The Hall–Kier alpha value is 2.15. The van der Waals surface area contributed by atoms with Crippen molar-refractivity contribution in [1.82, 2.24) is 0 Å². The van der Waals surface area contributed by atoms with Crippen LogP contribution in [0.15, 0.2) is 0 Å². The van der Waals surface area contributed by atoms with Crippen LogP contribution < -0.4 is 0 Å². The molecule has 4 atom stereocenters. The van der Waals surface area contributed by atoms with Crippen molar-refractivity contribution in [2.75, 3.05) is 11.5 Å². The zero-order valence-electron chi connectivity index (χ0n) is 9.69. The van der Waals surface area contributed by atoms with Gasteiger partial charge >= 0.3 is 0 Å². The third kappa shape index (κ3) is 2.94. The minimum Gasteiger partial charge on any atom is -0.379 e. The fourth-order valence-electron chi connectivity index (χ4n) is 2.59. The number of ether oxygens (including phenoxy) is 1. The second-order valence-corrected chi connectivity index (χ2v) is 8.90. The Labute approximate surface area is 134 Å². The van der Waals surface area contributed by atoms with Gasteiger partial charge in [0.1, 0.15) is 0 Å². The highest BCUT2D eigenvalue weighted by molar-refractivity contribution is 14.1. The first-order valence-corrected chi connectivity index (χ1v) is 9.17. The Kier molecular flexibility index (Phi) is 5.50. The molecule has 0 saturated heterocycles. The average Bonchev–Trinajstić information content (AvgIpc) is 2.16. The first kappa shape index (κ1) is 15.2. The van der Waals surface area contributed by atoms with Crippen LogP contribution in [0.2, 0.25) is 0 Å². The maximum absolute atomic E-state index is 5.73. The predicted molar refractivity (Wildman–Crippen MR) is 91.8 cm³/mol. The van der Waals surface area contributed by atoms with Gasteiger partial charge in [0.25, 0.3) is 0 Å². The van der Waals surface area contributed by atoms with Gasteiger partial charge in [-0.15, -0.1) is 0 Å². The summed E-state index contributed by atoms with van der Waals surface area (Å²) < 4.78 is 8.17. The summed E-state index contributed by atoms with van der Waals surface area (Å²) in [6, 6.07) is 0. The number of hydrogen-bond donors (Lipinski definition) is 0. The van der Waals surface area contributed by atoms with Crippen molar-refractivity contribution in [3.63, 3.8) is 0 Å². The Morgan fingerprint density at radius 3 is 2.13 bits per heavy atom. The molecule has 0 radical (unpaired) electrons. The van der Waals surface area contributed by atoms with Gasteiger partial charge in [-0.3, -0.25) is 0 Å². The molecule has 90 valence electrons. The van der Waals surface area contributed by atoms with Crippen LogP contribution in [0.25, 0.3) is 0 Å². The average molecular weight is 548 g/mol. The van der Waals surface area contributed by atoms with Crippen LogP contribution in [-0.2, 0) is 4.74 Å². The second kappa shape index (κ2) is 5.42. The highest BCUT2D eigenvalue weighted by atomic mass is 127. The van der Waals surface area contributed by atoms with E-state index in [1.54, 1.807) is 0 Å². The summed E-state index contributed by atoms with van der Waals surface area (Å²) in [5.74, 6) is 0. The normalized spacial score (nSPS) is 45.4. The SMILES string of the molecule is COC1C(I)C(C)(C)CC(C)(CI)C1I. The smallest absolute Gasteiger partial charge is 0.0816 e. The molecule has 1 nitrogen and oxygen atoms in total. The van der Waals surface area contributed by atoms with E-state index in [2.05, 4.69) is 88.5 Å². The zero-order valence-corrected chi connectivity index (χ0v) is 16.2. The molecule has 0 aliphatic heterocycles. The van der Waals surface area contributed by atoms with E-state index in [0.717, 1.165) is 0 Å². The number of methoxy groups -OCH3 is 1. The van der Waals surface area contributed by atoms with Crippen LogP contribution >= 0.6 is 67.8 Å². The van der Waals surface area contributed by atoms with Gasteiger partial charge in [0, 0.05) is 19.4 Å². The van der Waals surface area contributed by atoms with Gasteiger partial charge in [-0.05, 0) is 17.3 Å². The third-order valence-corrected chi connectivity index (χ3v) is 9.78. The van der Waals surface area contributed by atoms with E-state index in [-0.39, 0.29) is 0 Å². The quantitative estimate of drug-likeness (QED) is 0.366. The second-order valence-electron chi connectivity index (χ2n) is 5.46. The summed E-state index contributed by atoms with van der Waals surface area (Å²) in [6.07, 6.45) is 1.68. The van der Waals surface area contributed by atoms with Gasteiger partial charge in [-0.2, -0.15) is 0 Å². The van der Waals surface area contributed by atoms with E-state index in [4.69, 9.17) is 4.74 Å². The van der Waals surface area contributed by atoms with E-state index < -0.39 is 0 Å². The highest BCUT2D eigenvalue weighted by Crippen LogP contribution is 2.53. The number of alkyl halides is 3. The van der Waals surface area contributed by atoms with Crippen LogP contribution in [0.3, 0.4) is 0 Å². The molecule has 0 aromatic heterocycles. The van der Waals surface area contributed by atoms with Crippen molar-refractivity contribution in [2.24, 2.45) is 10.8 Å². The molecule has 1 fully saturated rings. The van der Waals surface area contributed by atoms with E-state index in [0.29, 0.717) is 24.8 Å². The maximum Gasteiger partial charge on any atom is 0.0816 e. The predicted octanol–water partition coefficient (Wildman–Crippen LogP) is 4.48. The van der Waals surface area contributed by atoms with E-state index in [9.17, 15) is 0 Å². The van der Waals surface area contributed by atoms with Gasteiger partial charge in [0.15, 0.2) is 0 Å². The molecule has 0 aromatic rings. The molecule has 4 heteroatoms. The Bertz CT molecular complexity index is 232. The van der Waals surface area contributed by atoms with E-state index in [1.165, 1.54) is 10.8 Å². The first-order chi connectivity index (χ1) is 6.78.